The molecule has 0 saturated heterocycles. The first-order valence-corrected chi connectivity index (χ1v) is 7.12. The minimum atomic E-state index is -4.69. The third kappa shape index (κ3) is 3.94. The van der Waals surface area contributed by atoms with E-state index in [1.807, 2.05) is 0 Å². The Morgan fingerprint density at radius 3 is 2.56 bits per heavy atom. The summed E-state index contributed by atoms with van der Waals surface area (Å²) >= 11 is 0. The standard InChI is InChI=1S/C16H12F4N4O/c17-11-2-1-3-12(6-11)25-14-7-13(16(18,19)20)22-15(23-14)24-5-4-10(8-21)9-24/h1-7,9H,8,21H2. The molecule has 25 heavy (non-hydrogen) atoms. The van der Waals surface area contributed by atoms with Crippen LogP contribution in [0.4, 0.5) is 17.6 Å². The topological polar surface area (TPSA) is 66.0 Å². The van der Waals surface area contributed by atoms with Crippen LogP contribution in [0.3, 0.4) is 0 Å². The van der Waals surface area contributed by atoms with Crippen LogP contribution in [0.15, 0.2) is 48.8 Å². The fourth-order valence-electron chi connectivity index (χ4n) is 2.06. The average Bonchev–Trinajstić information content (AvgIpc) is 3.03. The summed E-state index contributed by atoms with van der Waals surface area (Å²) in [7, 11) is 0. The number of hydrogen-bond donors (Lipinski definition) is 1. The highest BCUT2D eigenvalue weighted by Gasteiger charge is 2.34. The first kappa shape index (κ1) is 16.9. The number of alkyl halides is 3. The van der Waals surface area contributed by atoms with Crippen molar-refractivity contribution in [2.24, 2.45) is 5.73 Å². The molecule has 130 valence electrons. The molecule has 0 atom stereocenters. The van der Waals surface area contributed by atoms with Crippen LogP contribution in [0.5, 0.6) is 11.6 Å². The molecule has 0 radical (unpaired) electrons. The molecule has 0 saturated carbocycles. The molecule has 0 aliphatic rings. The Balaban J connectivity index is 2.03. The van der Waals surface area contributed by atoms with Crippen LogP contribution >= 0.6 is 0 Å². The third-order valence-corrected chi connectivity index (χ3v) is 3.22. The van der Waals surface area contributed by atoms with Gasteiger partial charge in [0.05, 0.1) is 0 Å². The summed E-state index contributed by atoms with van der Waals surface area (Å²) in [5.41, 5.74) is 5.02. The highest BCUT2D eigenvalue weighted by Crippen LogP contribution is 2.31. The Morgan fingerprint density at radius 2 is 1.92 bits per heavy atom. The summed E-state index contributed by atoms with van der Waals surface area (Å²) in [5, 5.41) is 0. The van der Waals surface area contributed by atoms with E-state index in [-0.39, 0.29) is 24.1 Å². The molecule has 3 aromatic rings. The van der Waals surface area contributed by atoms with Crippen molar-refractivity contribution in [1.82, 2.24) is 14.5 Å². The number of nitrogens with two attached hydrogens (primary N) is 1. The molecule has 9 heteroatoms. The maximum atomic E-state index is 13.2. The summed E-state index contributed by atoms with van der Waals surface area (Å²) in [6.45, 7) is 0.221. The van der Waals surface area contributed by atoms with Crippen LogP contribution in [-0.2, 0) is 12.7 Å². The fourth-order valence-corrected chi connectivity index (χ4v) is 2.06. The highest BCUT2D eigenvalue weighted by molar-refractivity contribution is 5.32. The van der Waals surface area contributed by atoms with E-state index in [4.69, 9.17) is 10.5 Å². The second-order valence-corrected chi connectivity index (χ2v) is 5.08. The lowest BCUT2D eigenvalue weighted by molar-refractivity contribution is -0.141. The van der Waals surface area contributed by atoms with Gasteiger partial charge in [0.1, 0.15) is 11.6 Å². The highest BCUT2D eigenvalue weighted by atomic mass is 19.4. The van der Waals surface area contributed by atoms with Crippen molar-refractivity contribution >= 4 is 0 Å². The Labute approximate surface area is 139 Å². The molecule has 0 unspecified atom stereocenters. The monoisotopic (exact) mass is 352 g/mol. The fraction of sp³-hybridized carbons (Fsp3) is 0.125. The predicted molar refractivity (Wildman–Crippen MR) is 80.7 cm³/mol. The van der Waals surface area contributed by atoms with Crippen molar-refractivity contribution < 1.29 is 22.3 Å². The summed E-state index contributed by atoms with van der Waals surface area (Å²) in [6, 6.07) is 7.29. The quantitative estimate of drug-likeness (QED) is 0.728. The van der Waals surface area contributed by atoms with E-state index in [2.05, 4.69) is 9.97 Å². The number of benzene rings is 1. The normalized spacial score (nSPS) is 11.6. The van der Waals surface area contributed by atoms with Gasteiger partial charge in [0.15, 0.2) is 5.69 Å². The Morgan fingerprint density at radius 1 is 1.12 bits per heavy atom. The van der Waals surface area contributed by atoms with Crippen molar-refractivity contribution in [3.8, 4) is 17.6 Å². The zero-order chi connectivity index (χ0) is 18.0. The van der Waals surface area contributed by atoms with Gasteiger partial charge in [-0.05, 0) is 23.8 Å². The lowest BCUT2D eigenvalue weighted by Crippen LogP contribution is -2.12. The minimum absolute atomic E-state index is 0.0212. The Bertz CT molecular complexity index is 892. The van der Waals surface area contributed by atoms with E-state index < -0.39 is 17.7 Å². The second kappa shape index (κ2) is 6.52. The number of rotatable bonds is 4. The van der Waals surface area contributed by atoms with Gasteiger partial charge in [-0.2, -0.15) is 18.2 Å². The summed E-state index contributed by atoms with van der Waals surface area (Å²) < 4.78 is 59.1. The van der Waals surface area contributed by atoms with E-state index in [1.165, 1.54) is 35.2 Å². The van der Waals surface area contributed by atoms with E-state index >= 15 is 0 Å². The second-order valence-electron chi connectivity index (χ2n) is 5.08. The van der Waals surface area contributed by atoms with Crippen LogP contribution < -0.4 is 10.5 Å². The summed E-state index contributed by atoms with van der Waals surface area (Å²) in [6.07, 6.45) is -1.69. The van der Waals surface area contributed by atoms with Crippen LogP contribution in [0.2, 0.25) is 0 Å². The molecule has 0 spiro atoms. The first-order chi connectivity index (χ1) is 11.8. The summed E-state index contributed by atoms with van der Waals surface area (Å²) in [4.78, 5) is 7.47. The molecule has 0 aliphatic heterocycles. The molecule has 2 N–H and O–H groups in total. The van der Waals surface area contributed by atoms with Gasteiger partial charge < -0.3 is 10.5 Å². The van der Waals surface area contributed by atoms with Crippen LogP contribution in [0, 0.1) is 5.82 Å². The molecule has 0 aliphatic carbocycles. The van der Waals surface area contributed by atoms with Gasteiger partial charge in [-0.1, -0.05) is 6.07 Å². The van der Waals surface area contributed by atoms with Crippen molar-refractivity contribution in [1.29, 1.82) is 0 Å². The molecule has 0 bridgehead atoms. The number of hydrogen-bond acceptors (Lipinski definition) is 4. The van der Waals surface area contributed by atoms with E-state index in [9.17, 15) is 17.6 Å². The number of aromatic nitrogens is 3. The van der Waals surface area contributed by atoms with Gasteiger partial charge in [0.2, 0.25) is 11.8 Å². The molecular formula is C16H12F4N4O. The van der Waals surface area contributed by atoms with Gasteiger partial charge >= 0.3 is 6.18 Å². The molecule has 0 fully saturated rings. The van der Waals surface area contributed by atoms with Crippen molar-refractivity contribution in [2.45, 2.75) is 12.7 Å². The summed E-state index contributed by atoms with van der Waals surface area (Å²) in [5.74, 6) is -1.15. The molecule has 2 heterocycles. The Kier molecular flexibility index (Phi) is 4.41. The third-order valence-electron chi connectivity index (χ3n) is 3.22. The molecule has 5 nitrogen and oxygen atoms in total. The first-order valence-electron chi connectivity index (χ1n) is 7.12. The molecular weight excluding hydrogens is 340 g/mol. The molecule has 2 aromatic heterocycles. The van der Waals surface area contributed by atoms with Crippen LogP contribution in [0.1, 0.15) is 11.3 Å². The number of nitrogens with zero attached hydrogens (tertiary/aromatic N) is 3. The molecule has 3 rings (SSSR count). The zero-order valence-electron chi connectivity index (χ0n) is 12.7. The number of halogens is 4. The van der Waals surface area contributed by atoms with Gasteiger partial charge in [0.25, 0.3) is 0 Å². The molecule has 0 amide bonds. The van der Waals surface area contributed by atoms with E-state index in [0.29, 0.717) is 11.6 Å². The van der Waals surface area contributed by atoms with Gasteiger partial charge in [0, 0.05) is 31.1 Å². The van der Waals surface area contributed by atoms with Crippen LogP contribution in [0.25, 0.3) is 5.95 Å². The smallest absolute Gasteiger partial charge is 0.433 e. The SMILES string of the molecule is NCc1ccn(-c2nc(Oc3cccc(F)c3)cc(C(F)(F)F)n2)c1. The zero-order valence-corrected chi connectivity index (χ0v) is 12.7. The largest absolute Gasteiger partial charge is 0.439 e. The van der Waals surface area contributed by atoms with Crippen LogP contribution in [-0.4, -0.2) is 14.5 Å². The van der Waals surface area contributed by atoms with Crippen molar-refractivity contribution in [3.05, 3.63) is 65.9 Å². The lowest BCUT2D eigenvalue weighted by atomic mass is 10.3. The minimum Gasteiger partial charge on any atom is -0.439 e. The van der Waals surface area contributed by atoms with Crippen molar-refractivity contribution in [3.63, 3.8) is 0 Å². The Hall–Kier alpha value is -2.94. The van der Waals surface area contributed by atoms with E-state index in [0.717, 1.165) is 6.07 Å². The lowest BCUT2D eigenvalue weighted by Gasteiger charge is -2.11. The predicted octanol–water partition coefficient (Wildman–Crippen LogP) is 3.68. The van der Waals surface area contributed by atoms with Gasteiger partial charge in [-0.15, -0.1) is 0 Å². The number of ether oxygens (including phenoxy) is 1. The van der Waals surface area contributed by atoms with Gasteiger partial charge in [-0.3, -0.25) is 4.57 Å². The maximum absolute atomic E-state index is 13.2. The van der Waals surface area contributed by atoms with Crippen molar-refractivity contribution in [2.75, 3.05) is 0 Å². The average molecular weight is 352 g/mol. The maximum Gasteiger partial charge on any atom is 0.433 e. The molecule has 1 aromatic carbocycles. The van der Waals surface area contributed by atoms with Gasteiger partial charge in [-0.25, -0.2) is 9.37 Å². The van der Waals surface area contributed by atoms with E-state index in [1.54, 1.807) is 6.07 Å².